The topological polar surface area (TPSA) is 72.2 Å². The van der Waals surface area contributed by atoms with Gasteiger partial charge in [0.1, 0.15) is 0 Å². The van der Waals surface area contributed by atoms with Crippen LogP contribution in [0.15, 0.2) is 72.8 Å². The average Bonchev–Trinajstić information content (AvgIpc) is 3.15. The van der Waals surface area contributed by atoms with Crippen molar-refractivity contribution in [2.24, 2.45) is 0 Å². The van der Waals surface area contributed by atoms with Gasteiger partial charge in [0.15, 0.2) is 0 Å². The zero-order valence-corrected chi connectivity index (χ0v) is 29.1. The molecule has 0 saturated heterocycles. The Balaban J connectivity index is 1.03. The van der Waals surface area contributed by atoms with Crippen LogP contribution in [0.25, 0.3) is 0 Å². The molecule has 3 fully saturated rings. The minimum absolute atomic E-state index is 0.523. The van der Waals surface area contributed by atoms with Gasteiger partial charge < -0.3 is 31.9 Å². The maximum Gasteiger partial charge on any atom is 0.0224 e. The van der Waals surface area contributed by atoms with Gasteiger partial charge in [-0.3, -0.25) is 0 Å². The van der Waals surface area contributed by atoms with Crippen LogP contribution in [0.2, 0.25) is 0 Å². The molecule has 3 aromatic rings. The number of benzene rings is 3. The van der Waals surface area contributed by atoms with Crippen LogP contribution in [0.1, 0.15) is 110 Å². The molecule has 6 atom stereocenters. The molecular weight excluding hydrogens is 589 g/mol. The van der Waals surface area contributed by atoms with E-state index in [-0.39, 0.29) is 0 Å². The molecule has 6 heteroatoms. The van der Waals surface area contributed by atoms with Gasteiger partial charge in [-0.2, -0.15) is 0 Å². The second kappa shape index (κ2) is 17.4. The van der Waals surface area contributed by atoms with Gasteiger partial charge in [-0.1, -0.05) is 111 Å². The standard InChI is InChI=1S/C42H60N6/c1-2-8-38-37(7-1)43-25-31-13-15-33(16-14-31)27-45-39-9-3-4-10-40(39)47-29-35-21-23-36(24-22-35)30-48-42-12-6-5-11-41(42)46-28-34-19-17-32(18-20-34)26-44-38/h13-24,37-48H,1-12,25-30H2/t37-,38-,39-,40-,41+,42+/m1/s1. The SMILES string of the molecule is c1cc2ccc1CN[C@H]1CCCC[C@@H]1NCc1ccc(cc1)CN[C@@H]1CCCC[C@H]1NCc1ccc(cc1)CN[C@@H]1CCCC[C@H]1NC2. The summed E-state index contributed by atoms with van der Waals surface area (Å²) < 4.78 is 0. The molecule has 3 saturated carbocycles. The van der Waals surface area contributed by atoms with Crippen LogP contribution in [-0.4, -0.2) is 36.3 Å². The van der Waals surface area contributed by atoms with Gasteiger partial charge in [-0.25, -0.2) is 0 Å². The lowest BCUT2D eigenvalue weighted by Gasteiger charge is -2.34. The minimum atomic E-state index is 0.523. The van der Waals surface area contributed by atoms with Crippen molar-refractivity contribution in [1.82, 2.24) is 31.9 Å². The molecule has 0 radical (unpaired) electrons. The third-order valence-corrected chi connectivity index (χ3v) is 11.8. The zero-order valence-electron chi connectivity index (χ0n) is 29.1. The predicted octanol–water partition coefficient (Wildman–Crippen LogP) is 6.57. The van der Waals surface area contributed by atoms with Crippen molar-refractivity contribution in [3.05, 3.63) is 106 Å². The summed E-state index contributed by atoms with van der Waals surface area (Å²) in [6.45, 7) is 5.61. The lowest BCUT2D eigenvalue weighted by Crippen LogP contribution is -2.49. The molecule has 3 aliphatic carbocycles. The smallest absolute Gasteiger partial charge is 0.0224 e. The summed E-state index contributed by atoms with van der Waals surface area (Å²) in [5.41, 5.74) is 8.28. The van der Waals surface area contributed by atoms with Crippen LogP contribution in [-0.2, 0) is 39.3 Å². The first kappa shape index (κ1) is 33.9. The molecule has 6 N–H and O–H groups in total. The maximum atomic E-state index is 3.93. The van der Waals surface area contributed by atoms with Gasteiger partial charge in [0, 0.05) is 75.5 Å². The Morgan fingerprint density at radius 2 is 0.396 bits per heavy atom. The van der Waals surface area contributed by atoms with E-state index < -0.39 is 0 Å². The second-order valence-electron chi connectivity index (χ2n) is 15.2. The van der Waals surface area contributed by atoms with Gasteiger partial charge in [-0.05, 0) is 71.9 Å². The molecular formula is C42H60N6. The molecule has 0 aromatic heterocycles. The van der Waals surface area contributed by atoms with E-state index in [4.69, 9.17) is 0 Å². The normalized spacial score (nSPS) is 29.8. The molecule has 12 rings (SSSR count). The third kappa shape index (κ3) is 9.56. The Hall–Kier alpha value is -2.58. The largest absolute Gasteiger partial charge is 0.308 e. The first-order valence-electron chi connectivity index (χ1n) is 19.4. The molecule has 6 nitrogen and oxygen atoms in total. The average molecular weight is 649 g/mol. The summed E-state index contributed by atoms with van der Waals surface area (Å²) in [5.74, 6) is 0. The Bertz CT molecular complexity index is 1100. The highest BCUT2D eigenvalue weighted by Crippen LogP contribution is 2.23. The van der Waals surface area contributed by atoms with E-state index in [1.807, 2.05) is 0 Å². The second-order valence-corrected chi connectivity index (χ2v) is 15.2. The van der Waals surface area contributed by atoms with Gasteiger partial charge in [0.2, 0.25) is 0 Å². The van der Waals surface area contributed by atoms with E-state index in [1.165, 1.54) is 110 Å². The summed E-state index contributed by atoms with van der Waals surface area (Å²) in [5, 5.41) is 23.6. The van der Waals surface area contributed by atoms with E-state index in [0.717, 1.165) is 39.3 Å². The third-order valence-electron chi connectivity index (χ3n) is 11.8. The van der Waals surface area contributed by atoms with E-state index >= 15 is 0 Å². The van der Waals surface area contributed by atoms with Crippen LogP contribution >= 0.6 is 0 Å². The molecule has 0 unspecified atom stereocenters. The van der Waals surface area contributed by atoms with Gasteiger partial charge in [0.25, 0.3) is 0 Å². The van der Waals surface area contributed by atoms with E-state index in [9.17, 15) is 0 Å². The van der Waals surface area contributed by atoms with Crippen LogP contribution in [0, 0.1) is 0 Å². The van der Waals surface area contributed by atoms with E-state index in [2.05, 4.69) is 105 Å². The highest BCUT2D eigenvalue weighted by atomic mass is 15.0. The van der Waals surface area contributed by atoms with Gasteiger partial charge >= 0.3 is 0 Å². The van der Waals surface area contributed by atoms with Gasteiger partial charge in [-0.15, -0.1) is 0 Å². The molecule has 3 aromatic carbocycles. The lowest BCUT2D eigenvalue weighted by atomic mass is 9.89. The Kier molecular flexibility index (Phi) is 12.3. The Morgan fingerprint density at radius 3 is 0.542 bits per heavy atom. The number of rotatable bonds is 0. The van der Waals surface area contributed by atoms with Crippen molar-refractivity contribution < 1.29 is 0 Å². The zero-order chi connectivity index (χ0) is 32.4. The van der Waals surface area contributed by atoms with Crippen molar-refractivity contribution in [1.29, 1.82) is 0 Å². The number of hydrogen-bond donors (Lipinski definition) is 6. The molecule has 0 amide bonds. The molecule has 0 spiro atoms. The van der Waals surface area contributed by atoms with Crippen molar-refractivity contribution >= 4 is 0 Å². The predicted molar refractivity (Wildman–Crippen MR) is 198 cm³/mol. The molecule has 6 bridgehead atoms. The van der Waals surface area contributed by atoms with Crippen molar-refractivity contribution in [3.63, 3.8) is 0 Å². The summed E-state index contributed by atoms with van der Waals surface area (Å²) in [6.07, 6.45) is 15.5. The van der Waals surface area contributed by atoms with Gasteiger partial charge in [0.05, 0.1) is 0 Å². The maximum absolute atomic E-state index is 3.93. The van der Waals surface area contributed by atoms with Crippen molar-refractivity contribution in [2.45, 2.75) is 153 Å². The number of hydrogen-bond acceptors (Lipinski definition) is 6. The van der Waals surface area contributed by atoms with Crippen LogP contribution in [0.5, 0.6) is 0 Å². The van der Waals surface area contributed by atoms with E-state index in [0.29, 0.717) is 36.3 Å². The molecule has 6 aliphatic heterocycles. The number of nitrogens with one attached hydrogen (secondary N) is 6. The quantitative estimate of drug-likeness (QED) is 0.166. The van der Waals surface area contributed by atoms with Crippen molar-refractivity contribution in [2.75, 3.05) is 0 Å². The summed E-state index contributed by atoms with van der Waals surface area (Å²) in [6, 6.07) is 31.1. The van der Waals surface area contributed by atoms with Crippen LogP contribution in [0.4, 0.5) is 0 Å². The lowest BCUT2D eigenvalue weighted by molar-refractivity contribution is 0.280. The monoisotopic (exact) mass is 648 g/mol. The fraction of sp³-hybridized carbons (Fsp3) is 0.571. The minimum Gasteiger partial charge on any atom is -0.308 e. The highest BCUT2D eigenvalue weighted by Gasteiger charge is 2.26. The summed E-state index contributed by atoms with van der Waals surface area (Å²) in [7, 11) is 0. The van der Waals surface area contributed by atoms with E-state index in [1.54, 1.807) is 0 Å². The Morgan fingerprint density at radius 1 is 0.250 bits per heavy atom. The summed E-state index contributed by atoms with van der Waals surface area (Å²) >= 11 is 0. The molecule has 6 heterocycles. The molecule has 258 valence electrons. The molecule has 9 aliphatic rings. The fourth-order valence-electron chi connectivity index (χ4n) is 8.68. The highest BCUT2D eigenvalue weighted by molar-refractivity contribution is 5.25. The Labute approximate surface area is 290 Å². The fourth-order valence-corrected chi connectivity index (χ4v) is 8.68. The summed E-state index contributed by atoms with van der Waals surface area (Å²) in [4.78, 5) is 0. The first-order chi connectivity index (χ1) is 23.7. The van der Waals surface area contributed by atoms with Crippen LogP contribution in [0.3, 0.4) is 0 Å². The van der Waals surface area contributed by atoms with Crippen LogP contribution < -0.4 is 31.9 Å². The first-order valence-corrected chi connectivity index (χ1v) is 19.4. The molecule has 48 heavy (non-hydrogen) atoms. The van der Waals surface area contributed by atoms with Crippen molar-refractivity contribution in [3.8, 4) is 0 Å².